The van der Waals surface area contributed by atoms with Crippen molar-refractivity contribution in [3.8, 4) is 5.75 Å². The van der Waals surface area contributed by atoms with Crippen LogP contribution in [0.3, 0.4) is 0 Å². The van der Waals surface area contributed by atoms with Gasteiger partial charge in [-0.25, -0.2) is 0 Å². The third kappa shape index (κ3) is 3.55. The molecule has 1 rings (SSSR count). The Morgan fingerprint density at radius 3 is 2.07 bits per heavy atom. The number of ether oxygens (including phenoxy) is 2. The largest absolute Gasteiger partial charge is 0.493 e. The van der Waals surface area contributed by atoms with Crippen molar-refractivity contribution in [1.82, 2.24) is 0 Å². The topological polar surface area (TPSA) is 36.9 Å². The minimum atomic E-state index is -0.332. The maximum absolute atomic E-state index is 5.25. The summed E-state index contributed by atoms with van der Waals surface area (Å²) >= 11 is 0. The van der Waals surface area contributed by atoms with Crippen LogP contribution in [-0.2, 0) is 14.0 Å². The van der Waals surface area contributed by atoms with E-state index in [-0.39, 0.29) is 13.9 Å². The highest BCUT2D eigenvalue weighted by Crippen LogP contribution is 2.07. The highest BCUT2D eigenvalue weighted by molar-refractivity contribution is 6.61. The summed E-state index contributed by atoms with van der Waals surface area (Å²) in [5.74, 6) is 0.756. The lowest BCUT2D eigenvalue weighted by molar-refractivity contribution is 0.0511. The van der Waals surface area contributed by atoms with Crippen LogP contribution < -0.4 is 10.2 Å². The first-order chi connectivity index (χ1) is 7.31. The maximum atomic E-state index is 5.25. The number of benzene rings is 1. The van der Waals surface area contributed by atoms with Crippen LogP contribution in [0.4, 0.5) is 0 Å². The van der Waals surface area contributed by atoms with Crippen LogP contribution in [0, 0.1) is 0 Å². The van der Waals surface area contributed by atoms with Gasteiger partial charge in [-0.1, -0.05) is 12.1 Å². The fourth-order valence-electron chi connectivity index (χ4n) is 1.22. The van der Waals surface area contributed by atoms with E-state index < -0.39 is 0 Å². The van der Waals surface area contributed by atoms with Crippen molar-refractivity contribution in [3.63, 3.8) is 0 Å². The predicted octanol–water partition coefficient (Wildman–Crippen LogP) is 0.657. The second-order valence-electron chi connectivity index (χ2n) is 2.92. The lowest BCUT2D eigenvalue weighted by Crippen LogP contribution is -2.34. The Bertz CT molecular complexity index is 271. The van der Waals surface area contributed by atoms with Crippen LogP contribution in [-0.4, -0.2) is 35.2 Å². The molecule has 1 aromatic carbocycles. The average Bonchev–Trinajstić information content (AvgIpc) is 2.29. The molecule has 0 heterocycles. The van der Waals surface area contributed by atoms with Gasteiger partial charge >= 0.3 is 7.12 Å². The Hall–Kier alpha value is -1.04. The molecule has 0 unspecified atom stereocenters. The molecule has 5 heteroatoms. The number of rotatable bonds is 6. The van der Waals surface area contributed by atoms with E-state index in [4.69, 9.17) is 18.8 Å². The second-order valence-corrected chi connectivity index (χ2v) is 2.92. The number of methoxy groups -OCH3 is 1. The summed E-state index contributed by atoms with van der Waals surface area (Å²) in [6.07, 6.45) is 0. The van der Waals surface area contributed by atoms with Gasteiger partial charge in [-0.15, -0.1) is 0 Å². The van der Waals surface area contributed by atoms with Gasteiger partial charge in [0, 0.05) is 21.3 Å². The Morgan fingerprint density at radius 1 is 1.00 bits per heavy atom. The highest BCUT2D eigenvalue weighted by atomic mass is 16.7. The number of hydrogen-bond donors (Lipinski definition) is 0. The van der Waals surface area contributed by atoms with Gasteiger partial charge < -0.3 is 18.8 Å². The van der Waals surface area contributed by atoms with Crippen LogP contribution in [0.15, 0.2) is 24.3 Å². The molecule has 0 aromatic heterocycles. The molecule has 0 amide bonds. The molecule has 0 aliphatic heterocycles. The van der Waals surface area contributed by atoms with Crippen LogP contribution in [0.2, 0.25) is 0 Å². The van der Waals surface area contributed by atoms with Crippen LogP contribution in [0.25, 0.3) is 0 Å². The van der Waals surface area contributed by atoms with E-state index >= 15 is 0 Å². The molecule has 0 fully saturated rings. The third-order valence-corrected chi connectivity index (χ3v) is 1.92. The van der Waals surface area contributed by atoms with Crippen molar-refractivity contribution in [2.75, 3.05) is 28.1 Å². The van der Waals surface area contributed by atoms with E-state index in [1.807, 2.05) is 24.3 Å². The van der Waals surface area contributed by atoms with Crippen molar-refractivity contribution in [1.29, 1.82) is 0 Å². The van der Waals surface area contributed by atoms with Gasteiger partial charge in [0.2, 0.25) is 0 Å². The standard InChI is InChI=1S/C10H15BO4/c1-12-8-15-10-6-4-9(5-7-10)11(13-2)14-3/h4-7H,8H2,1-3H3. The van der Waals surface area contributed by atoms with Crippen LogP contribution >= 0.6 is 0 Å². The molecule has 4 nitrogen and oxygen atoms in total. The van der Waals surface area contributed by atoms with Crippen molar-refractivity contribution in [3.05, 3.63) is 24.3 Å². The van der Waals surface area contributed by atoms with Gasteiger partial charge in [0.15, 0.2) is 6.79 Å². The lowest BCUT2D eigenvalue weighted by Gasteiger charge is -2.09. The minimum absolute atomic E-state index is 0.247. The first-order valence-corrected chi connectivity index (χ1v) is 4.59. The molecule has 0 bridgehead atoms. The van der Waals surface area contributed by atoms with Gasteiger partial charge in [-0.3, -0.25) is 0 Å². The average molecular weight is 210 g/mol. The molecule has 0 aliphatic carbocycles. The normalized spacial score (nSPS) is 10.1. The predicted molar refractivity (Wildman–Crippen MR) is 58.4 cm³/mol. The molecule has 0 spiro atoms. The Morgan fingerprint density at radius 2 is 1.60 bits per heavy atom. The monoisotopic (exact) mass is 210 g/mol. The summed E-state index contributed by atoms with van der Waals surface area (Å²) in [5, 5.41) is 0. The molecule has 0 saturated carbocycles. The van der Waals surface area contributed by atoms with Crippen molar-refractivity contribution in [2.24, 2.45) is 0 Å². The van der Waals surface area contributed by atoms with Crippen molar-refractivity contribution < 1.29 is 18.8 Å². The molecule has 0 saturated heterocycles. The molecule has 0 atom stereocenters. The molecular weight excluding hydrogens is 195 g/mol. The zero-order valence-electron chi connectivity index (χ0n) is 9.23. The maximum Gasteiger partial charge on any atom is 0.493 e. The van der Waals surface area contributed by atoms with E-state index in [0.717, 1.165) is 11.2 Å². The van der Waals surface area contributed by atoms with E-state index in [1.54, 1.807) is 21.3 Å². The number of hydrogen-bond acceptors (Lipinski definition) is 4. The minimum Gasteiger partial charge on any atom is -0.468 e. The molecule has 0 N–H and O–H groups in total. The molecule has 0 radical (unpaired) electrons. The van der Waals surface area contributed by atoms with Gasteiger partial charge in [0.25, 0.3) is 0 Å². The fraction of sp³-hybridized carbons (Fsp3) is 0.400. The van der Waals surface area contributed by atoms with E-state index in [1.165, 1.54) is 0 Å². The summed E-state index contributed by atoms with van der Waals surface area (Å²) in [4.78, 5) is 0. The fourth-order valence-corrected chi connectivity index (χ4v) is 1.22. The smallest absolute Gasteiger partial charge is 0.468 e. The van der Waals surface area contributed by atoms with Crippen molar-refractivity contribution >= 4 is 12.6 Å². The quantitative estimate of drug-likeness (QED) is 0.510. The van der Waals surface area contributed by atoms with Gasteiger partial charge in [-0.2, -0.15) is 0 Å². The molecule has 15 heavy (non-hydrogen) atoms. The van der Waals surface area contributed by atoms with Gasteiger partial charge in [0.1, 0.15) is 5.75 Å². The lowest BCUT2D eigenvalue weighted by atomic mass is 9.79. The van der Waals surface area contributed by atoms with Gasteiger partial charge in [-0.05, 0) is 17.6 Å². The zero-order chi connectivity index (χ0) is 11.1. The first kappa shape index (κ1) is 12.0. The molecule has 82 valence electrons. The van der Waals surface area contributed by atoms with E-state index in [0.29, 0.717) is 0 Å². The SMILES string of the molecule is COCOc1ccc(B(OC)OC)cc1. The summed E-state index contributed by atoms with van der Waals surface area (Å²) in [6.45, 7) is 0.247. The summed E-state index contributed by atoms with van der Waals surface area (Å²) in [7, 11) is 4.45. The summed E-state index contributed by atoms with van der Waals surface area (Å²) in [6, 6.07) is 7.48. The second kappa shape index (κ2) is 6.45. The van der Waals surface area contributed by atoms with Crippen LogP contribution in [0.1, 0.15) is 0 Å². The summed E-state index contributed by atoms with van der Waals surface area (Å²) < 4.78 is 20.3. The first-order valence-electron chi connectivity index (χ1n) is 4.59. The Kier molecular flexibility index (Phi) is 5.17. The van der Waals surface area contributed by atoms with Crippen LogP contribution in [0.5, 0.6) is 5.75 Å². The molecule has 1 aromatic rings. The highest BCUT2D eigenvalue weighted by Gasteiger charge is 2.17. The Balaban J connectivity index is 2.62. The Labute approximate surface area is 90.2 Å². The molecular formula is C10H15BO4. The summed E-state index contributed by atoms with van der Waals surface area (Å²) in [5.41, 5.74) is 0.949. The van der Waals surface area contributed by atoms with E-state index in [9.17, 15) is 0 Å². The van der Waals surface area contributed by atoms with Gasteiger partial charge in [0.05, 0.1) is 0 Å². The molecule has 0 aliphatic rings. The zero-order valence-corrected chi connectivity index (χ0v) is 9.23. The van der Waals surface area contributed by atoms with Crippen molar-refractivity contribution in [2.45, 2.75) is 0 Å². The van der Waals surface area contributed by atoms with E-state index in [2.05, 4.69) is 0 Å². The third-order valence-electron chi connectivity index (χ3n) is 1.92.